The molecule has 1 aliphatic carbocycles. The molecule has 31 heavy (non-hydrogen) atoms. The number of rotatable bonds is 5. The van der Waals surface area contributed by atoms with Gasteiger partial charge in [0.15, 0.2) is 11.7 Å². The number of benzene rings is 2. The summed E-state index contributed by atoms with van der Waals surface area (Å²) < 4.78 is 0. The van der Waals surface area contributed by atoms with Crippen LogP contribution in [0.15, 0.2) is 48.5 Å². The van der Waals surface area contributed by atoms with Crippen LogP contribution in [-0.4, -0.2) is 17.6 Å². The van der Waals surface area contributed by atoms with Crippen LogP contribution in [0.25, 0.3) is 0 Å². The summed E-state index contributed by atoms with van der Waals surface area (Å²) in [6.45, 7) is 1.82. The summed E-state index contributed by atoms with van der Waals surface area (Å²) in [7, 11) is 0. The first kappa shape index (κ1) is 21.6. The van der Waals surface area contributed by atoms with Crippen LogP contribution in [0, 0.1) is 5.92 Å². The van der Waals surface area contributed by atoms with Crippen molar-refractivity contribution >= 4 is 34.9 Å². The SMILES string of the molecule is CCC1(c2ccc(Cl)cc2)NC(=O)C(C(=O)Nc2ccc(C3CCCCC3)cc2)C1=O. The Bertz CT molecular complexity index is 981. The molecular weight excluding hydrogens is 412 g/mol. The van der Waals surface area contributed by atoms with Crippen LogP contribution in [0.2, 0.25) is 5.02 Å². The van der Waals surface area contributed by atoms with Crippen molar-refractivity contribution in [3.8, 4) is 0 Å². The van der Waals surface area contributed by atoms with Gasteiger partial charge in [-0.15, -0.1) is 0 Å². The van der Waals surface area contributed by atoms with E-state index < -0.39 is 29.1 Å². The molecule has 2 N–H and O–H groups in total. The minimum atomic E-state index is -1.38. The number of amides is 2. The Labute approximate surface area is 187 Å². The van der Waals surface area contributed by atoms with Crippen molar-refractivity contribution in [1.82, 2.24) is 5.32 Å². The van der Waals surface area contributed by atoms with Gasteiger partial charge < -0.3 is 10.6 Å². The summed E-state index contributed by atoms with van der Waals surface area (Å²) in [4.78, 5) is 38.8. The smallest absolute Gasteiger partial charge is 0.244 e. The fourth-order valence-electron chi connectivity index (χ4n) is 4.85. The first-order valence-corrected chi connectivity index (χ1v) is 11.4. The lowest BCUT2D eigenvalue weighted by molar-refractivity contribution is -0.135. The molecule has 6 heteroatoms. The van der Waals surface area contributed by atoms with Gasteiger partial charge >= 0.3 is 0 Å². The van der Waals surface area contributed by atoms with E-state index in [-0.39, 0.29) is 0 Å². The standard InChI is InChI=1S/C25H27ClN2O3/c1-2-25(18-10-12-19(26)13-11-18)22(29)21(24(31)28-25)23(30)27-20-14-8-17(9-15-20)16-6-4-3-5-7-16/h8-16,21H,2-7H2,1H3,(H,27,30)(H,28,31). The third-order valence-electron chi connectivity index (χ3n) is 6.67. The predicted molar refractivity (Wildman–Crippen MR) is 121 cm³/mol. The summed E-state index contributed by atoms with van der Waals surface area (Å²) in [5.74, 6) is -2.41. The van der Waals surface area contributed by atoms with Crippen LogP contribution in [0.1, 0.15) is 62.5 Å². The average Bonchev–Trinajstić information content (AvgIpc) is 3.05. The van der Waals surface area contributed by atoms with E-state index in [1.54, 1.807) is 24.3 Å². The van der Waals surface area contributed by atoms with Gasteiger partial charge in [0, 0.05) is 10.7 Å². The number of anilines is 1. The fourth-order valence-corrected chi connectivity index (χ4v) is 4.98. The first-order chi connectivity index (χ1) is 14.9. The molecule has 5 nitrogen and oxygen atoms in total. The van der Waals surface area contributed by atoms with Crippen molar-refractivity contribution in [3.05, 3.63) is 64.7 Å². The highest BCUT2D eigenvalue weighted by Crippen LogP contribution is 2.36. The highest BCUT2D eigenvalue weighted by molar-refractivity contribution is 6.30. The summed E-state index contributed by atoms with van der Waals surface area (Å²) in [6, 6.07) is 14.6. The van der Waals surface area contributed by atoms with Gasteiger partial charge in [-0.25, -0.2) is 0 Å². The van der Waals surface area contributed by atoms with Crippen LogP contribution >= 0.6 is 11.6 Å². The Hall–Kier alpha value is -2.66. The number of hydrogen-bond donors (Lipinski definition) is 2. The maximum atomic E-state index is 13.3. The summed E-state index contributed by atoms with van der Waals surface area (Å²) in [5.41, 5.74) is 1.28. The van der Waals surface area contributed by atoms with Crippen molar-refractivity contribution in [3.63, 3.8) is 0 Å². The highest BCUT2D eigenvalue weighted by Gasteiger charge is 2.55. The number of nitrogens with one attached hydrogen (secondary N) is 2. The largest absolute Gasteiger partial charge is 0.339 e. The Morgan fingerprint density at radius 1 is 1.03 bits per heavy atom. The van der Waals surface area contributed by atoms with Gasteiger partial charge in [0.1, 0.15) is 5.54 Å². The van der Waals surface area contributed by atoms with Crippen LogP contribution in [0.5, 0.6) is 0 Å². The van der Waals surface area contributed by atoms with Gasteiger partial charge in [0.05, 0.1) is 0 Å². The van der Waals surface area contributed by atoms with E-state index in [2.05, 4.69) is 10.6 Å². The van der Waals surface area contributed by atoms with Gasteiger partial charge in [-0.2, -0.15) is 0 Å². The van der Waals surface area contributed by atoms with Crippen molar-refractivity contribution in [2.45, 2.75) is 56.9 Å². The highest BCUT2D eigenvalue weighted by atomic mass is 35.5. The average molecular weight is 439 g/mol. The number of ketones is 1. The van der Waals surface area contributed by atoms with Gasteiger partial charge in [-0.3, -0.25) is 14.4 Å². The molecular formula is C25H27ClN2O3. The van der Waals surface area contributed by atoms with E-state index in [1.165, 1.54) is 37.7 Å². The lowest BCUT2D eigenvalue weighted by Gasteiger charge is -2.26. The lowest BCUT2D eigenvalue weighted by atomic mass is 9.82. The van der Waals surface area contributed by atoms with Crippen LogP contribution in [0.4, 0.5) is 5.69 Å². The molecule has 2 fully saturated rings. The normalized spacial score (nSPS) is 24.1. The molecule has 1 aliphatic heterocycles. The molecule has 0 bridgehead atoms. The van der Waals surface area contributed by atoms with Gasteiger partial charge in [-0.05, 0) is 60.6 Å². The maximum Gasteiger partial charge on any atom is 0.244 e. The van der Waals surface area contributed by atoms with Gasteiger partial charge in [0.25, 0.3) is 0 Å². The number of Topliss-reactive ketones (excluding diaryl/α,β-unsaturated/α-hetero) is 1. The number of carbonyl (C=O) groups excluding carboxylic acids is 3. The minimum Gasteiger partial charge on any atom is -0.339 e. The second-order valence-corrected chi connectivity index (χ2v) is 8.93. The molecule has 0 spiro atoms. The quantitative estimate of drug-likeness (QED) is 0.648. The Kier molecular flexibility index (Phi) is 6.15. The number of hydrogen-bond acceptors (Lipinski definition) is 3. The van der Waals surface area contributed by atoms with E-state index in [4.69, 9.17) is 11.6 Å². The molecule has 2 aromatic carbocycles. The Balaban J connectivity index is 1.50. The summed E-state index contributed by atoms with van der Waals surface area (Å²) >= 11 is 5.97. The summed E-state index contributed by atoms with van der Waals surface area (Å²) in [5, 5.41) is 6.07. The van der Waals surface area contributed by atoms with E-state index in [1.807, 2.05) is 31.2 Å². The van der Waals surface area contributed by atoms with Gasteiger partial charge in [-0.1, -0.05) is 62.1 Å². The second kappa shape index (κ2) is 8.83. The summed E-state index contributed by atoms with van der Waals surface area (Å²) in [6.07, 6.45) is 6.57. The van der Waals surface area contributed by atoms with Crippen molar-refractivity contribution in [2.75, 3.05) is 5.32 Å². The Morgan fingerprint density at radius 2 is 1.68 bits per heavy atom. The van der Waals surface area contributed by atoms with E-state index >= 15 is 0 Å². The zero-order valence-electron chi connectivity index (χ0n) is 17.6. The fraction of sp³-hybridized carbons (Fsp3) is 0.400. The third-order valence-corrected chi connectivity index (χ3v) is 6.92. The zero-order chi connectivity index (χ0) is 22.0. The molecule has 0 radical (unpaired) electrons. The molecule has 2 atom stereocenters. The molecule has 162 valence electrons. The molecule has 4 rings (SSSR count). The topological polar surface area (TPSA) is 75.3 Å². The molecule has 2 aliphatic rings. The van der Waals surface area contributed by atoms with E-state index in [0.29, 0.717) is 28.6 Å². The van der Waals surface area contributed by atoms with Crippen LogP contribution < -0.4 is 10.6 Å². The van der Waals surface area contributed by atoms with Crippen molar-refractivity contribution in [1.29, 1.82) is 0 Å². The molecule has 1 heterocycles. The number of halogens is 1. The first-order valence-electron chi connectivity index (χ1n) is 11.0. The molecule has 1 saturated heterocycles. The lowest BCUT2D eigenvalue weighted by Crippen LogP contribution is -2.43. The second-order valence-electron chi connectivity index (χ2n) is 8.50. The molecule has 1 saturated carbocycles. The zero-order valence-corrected chi connectivity index (χ0v) is 18.4. The molecule has 2 unspecified atom stereocenters. The minimum absolute atomic E-state index is 0.346. The van der Waals surface area contributed by atoms with Crippen molar-refractivity contribution in [2.24, 2.45) is 5.92 Å². The third kappa shape index (κ3) is 4.11. The molecule has 0 aromatic heterocycles. The van der Waals surface area contributed by atoms with Crippen molar-refractivity contribution < 1.29 is 14.4 Å². The Morgan fingerprint density at radius 3 is 2.29 bits per heavy atom. The number of carbonyl (C=O) groups is 3. The maximum absolute atomic E-state index is 13.3. The van der Waals surface area contributed by atoms with E-state index in [9.17, 15) is 14.4 Å². The van der Waals surface area contributed by atoms with E-state index in [0.717, 1.165) is 0 Å². The van der Waals surface area contributed by atoms with Crippen LogP contribution in [0.3, 0.4) is 0 Å². The monoisotopic (exact) mass is 438 g/mol. The van der Waals surface area contributed by atoms with Gasteiger partial charge in [0.2, 0.25) is 11.8 Å². The molecule has 2 amide bonds. The van der Waals surface area contributed by atoms with Crippen LogP contribution in [-0.2, 0) is 19.9 Å². The predicted octanol–water partition coefficient (Wildman–Crippen LogP) is 4.95. The molecule has 2 aromatic rings.